The third-order valence-corrected chi connectivity index (χ3v) is 4.99. The van der Waals surface area contributed by atoms with Gasteiger partial charge in [0.1, 0.15) is 0 Å². The van der Waals surface area contributed by atoms with Crippen molar-refractivity contribution in [3.8, 4) is 0 Å². The number of fused-ring (bicyclic) bond motifs is 1. The molecular weight excluding hydrogens is 284 g/mol. The number of hydrogen-bond acceptors (Lipinski definition) is 4. The van der Waals surface area contributed by atoms with E-state index in [-0.39, 0.29) is 0 Å². The summed E-state index contributed by atoms with van der Waals surface area (Å²) in [6.07, 6.45) is 2.15. The molecule has 0 aromatic heterocycles. The summed E-state index contributed by atoms with van der Waals surface area (Å²) in [5.74, 6) is 0. The van der Waals surface area contributed by atoms with Crippen molar-refractivity contribution in [2.75, 3.05) is 23.4 Å². The standard InChI is InChI=1S/C16H18N2O2S/c1-21(19,20)16-5-3-2-4-15(16)18-9-8-12-6-7-14(17)10-13(12)11-18/h2-7,10H,8-9,11,17H2,1H3. The maximum atomic E-state index is 11.9. The van der Waals surface area contributed by atoms with Crippen molar-refractivity contribution in [3.05, 3.63) is 53.6 Å². The van der Waals surface area contributed by atoms with Crippen molar-refractivity contribution in [2.24, 2.45) is 0 Å². The molecular formula is C16H18N2O2S. The van der Waals surface area contributed by atoms with Gasteiger partial charge < -0.3 is 10.6 Å². The Labute approximate surface area is 125 Å². The van der Waals surface area contributed by atoms with Gasteiger partial charge in [-0.25, -0.2) is 8.42 Å². The van der Waals surface area contributed by atoms with Crippen LogP contribution in [0.25, 0.3) is 0 Å². The Hall–Kier alpha value is -2.01. The zero-order valence-corrected chi connectivity index (χ0v) is 12.7. The zero-order valence-electron chi connectivity index (χ0n) is 11.9. The van der Waals surface area contributed by atoms with E-state index in [0.29, 0.717) is 11.4 Å². The van der Waals surface area contributed by atoms with Gasteiger partial charge in [-0.15, -0.1) is 0 Å². The summed E-state index contributed by atoms with van der Waals surface area (Å²) in [6, 6.07) is 13.1. The van der Waals surface area contributed by atoms with Gasteiger partial charge in [0.05, 0.1) is 10.6 Å². The van der Waals surface area contributed by atoms with E-state index in [1.165, 1.54) is 17.4 Å². The monoisotopic (exact) mass is 302 g/mol. The Morgan fingerprint density at radius 1 is 1.10 bits per heavy atom. The number of nitrogens with zero attached hydrogens (tertiary/aromatic N) is 1. The minimum Gasteiger partial charge on any atom is -0.399 e. The first kappa shape index (κ1) is 13.9. The zero-order chi connectivity index (χ0) is 15.0. The first-order chi connectivity index (χ1) is 9.95. The van der Waals surface area contributed by atoms with Crippen LogP contribution in [0.2, 0.25) is 0 Å². The number of rotatable bonds is 2. The van der Waals surface area contributed by atoms with Gasteiger partial charge in [-0.1, -0.05) is 18.2 Å². The summed E-state index contributed by atoms with van der Waals surface area (Å²) in [5.41, 5.74) is 9.82. The Morgan fingerprint density at radius 2 is 1.86 bits per heavy atom. The van der Waals surface area contributed by atoms with Gasteiger partial charge in [0, 0.05) is 25.0 Å². The lowest BCUT2D eigenvalue weighted by atomic mass is 9.98. The molecule has 0 aliphatic carbocycles. The molecule has 21 heavy (non-hydrogen) atoms. The first-order valence-electron chi connectivity index (χ1n) is 6.86. The number of hydrogen-bond donors (Lipinski definition) is 1. The molecule has 0 radical (unpaired) electrons. The molecule has 110 valence electrons. The largest absolute Gasteiger partial charge is 0.399 e. The van der Waals surface area contributed by atoms with Crippen LogP contribution < -0.4 is 10.6 Å². The molecule has 0 saturated carbocycles. The van der Waals surface area contributed by atoms with Gasteiger partial charge in [-0.05, 0) is 41.8 Å². The third-order valence-electron chi connectivity index (χ3n) is 3.85. The highest BCUT2D eigenvalue weighted by atomic mass is 32.2. The summed E-state index contributed by atoms with van der Waals surface area (Å²) >= 11 is 0. The molecule has 0 atom stereocenters. The molecule has 1 heterocycles. The molecule has 0 bridgehead atoms. The van der Waals surface area contributed by atoms with Crippen LogP contribution in [0.15, 0.2) is 47.4 Å². The molecule has 2 N–H and O–H groups in total. The lowest BCUT2D eigenvalue weighted by molar-refractivity contribution is 0.601. The summed E-state index contributed by atoms with van der Waals surface area (Å²) in [7, 11) is -3.23. The van der Waals surface area contributed by atoms with E-state index in [2.05, 4.69) is 11.0 Å². The van der Waals surface area contributed by atoms with E-state index in [4.69, 9.17) is 5.73 Å². The van der Waals surface area contributed by atoms with Gasteiger partial charge >= 0.3 is 0 Å². The van der Waals surface area contributed by atoms with E-state index in [9.17, 15) is 8.42 Å². The van der Waals surface area contributed by atoms with E-state index in [0.717, 1.165) is 24.3 Å². The predicted molar refractivity (Wildman–Crippen MR) is 85.2 cm³/mol. The molecule has 0 saturated heterocycles. The SMILES string of the molecule is CS(=O)(=O)c1ccccc1N1CCc2ccc(N)cc2C1. The second kappa shape index (κ2) is 5.07. The molecule has 0 amide bonds. The smallest absolute Gasteiger partial charge is 0.177 e. The highest BCUT2D eigenvalue weighted by Gasteiger charge is 2.21. The molecule has 2 aromatic rings. The summed E-state index contributed by atoms with van der Waals surface area (Å²) in [6.45, 7) is 1.50. The maximum Gasteiger partial charge on any atom is 0.177 e. The van der Waals surface area contributed by atoms with Gasteiger partial charge in [-0.2, -0.15) is 0 Å². The van der Waals surface area contributed by atoms with Crippen LogP contribution in [0.1, 0.15) is 11.1 Å². The average Bonchev–Trinajstić information content (AvgIpc) is 2.45. The van der Waals surface area contributed by atoms with Gasteiger partial charge in [0.25, 0.3) is 0 Å². The molecule has 0 spiro atoms. The lowest BCUT2D eigenvalue weighted by Crippen LogP contribution is -2.31. The van der Waals surface area contributed by atoms with Crippen LogP contribution >= 0.6 is 0 Å². The van der Waals surface area contributed by atoms with Crippen LogP contribution in [0.5, 0.6) is 0 Å². The van der Waals surface area contributed by atoms with Crippen molar-refractivity contribution in [3.63, 3.8) is 0 Å². The summed E-state index contributed by atoms with van der Waals surface area (Å²) < 4.78 is 23.9. The quantitative estimate of drug-likeness (QED) is 0.864. The van der Waals surface area contributed by atoms with Crippen LogP contribution in [0.4, 0.5) is 11.4 Å². The number of anilines is 2. The van der Waals surface area contributed by atoms with E-state index >= 15 is 0 Å². The Balaban J connectivity index is 2.01. The fraction of sp³-hybridized carbons (Fsp3) is 0.250. The topological polar surface area (TPSA) is 63.4 Å². The van der Waals surface area contributed by atoms with Crippen LogP contribution in [-0.4, -0.2) is 21.2 Å². The highest BCUT2D eigenvalue weighted by Crippen LogP contribution is 2.30. The van der Waals surface area contributed by atoms with Gasteiger partial charge in [-0.3, -0.25) is 0 Å². The third kappa shape index (κ3) is 2.74. The highest BCUT2D eigenvalue weighted by molar-refractivity contribution is 7.90. The van der Waals surface area contributed by atoms with Gasteiger partial charge in [0.15, 0.2) is 9.84 Å². The normalized spacial score (nSPS) is 14.8. The number of benzene rings is 2. The first-order valence-corrected chi connectivity index (χ1v) is 8.75. The molecule has 1 aliphatic heterocycles. The fourth-order valence-electron chi connectivity index (χ4n) is 2.81. The van der Waals surface area contributed by atoms with Crippen LogP contribution in [-0.2, 0) is 22.8 Å². The fourth-order valence-corrected chi connectivity index (χ4v) is 3.72. The van der Waals surface area contributed by atoms with Crippen LogP contribution in [0.3, 0.4) is 0 Å². The molecule has 5 heteroatoms. The number of nitrogens with two attached hydrogens (primary N) is 1. The van der Waals surface area contributed by atoms with E-state index in [1.54, 1.807) is 12.1 Å². The molecule has 4 nitrogen and oxygen atoms in total. The number of sulfone groups is 1. The van der Waals surface area contributed by atoms with Crippen molar-refractivity contribution in [2.45, 2.75) is 17.9 Å². The van der Waals surface area contributed by atoms with Crippen molar-refractivity contribution < 1.29 is 8.42 Å². The summed E-state index contributed by atoms with van der Waals surface area (Å²) in [4.78, 5) is 2.50. The molecule has 0 unspecified atom stereocenters. The Bertz CT molecular complexity index is 785. The molecule has 1 aliphatic rings. The average molecular weight is 302 g/mol. The van der Waals surface area contributed by atoms with E-state index < -0.39 is 9.84 Å². The lowest BCUT2D eigenvalue weighted by Gasteiger charge is -2.32. The van der Waals surface area contributed by atoms with E-state index in [1.807, 2.05) is 24.3 Å². The minimum atomic E-state index is -3.23. The Kier molecular flexibility index (Phi) is 3.37. The number of nitrogen functional groups attached to an aromatic ring is 1. The summed E-state index contributed by atoms with van der Waals surface area (Å²) in [5, 5.41) is 0. The van der Waals surface area contributed by atoms with Crippen molar-refractivity contribution in [1.82, 2.24) is 0 Å². The number of para-hydroxylation sites is 1. The molecule has 2 aromatic carbocycles. The second-order valence-corrected chi connectivity index (χ2v) is 7.42. The van der Waals surface area contributed by atoms with Crippen molar-refractivity contribution >= 4 is 21.2 Å². The maximum absolute atomic E-state index is 11.9. The van der Waals surface area contributed by atoms with Crippen LogP contribution in [0, 0.1) is 0 Å². The second-order valence-electron chi connectivity index (χ2n) is 5.44. The Morgan fingerprint density at radius 3 is 2.62 bits per heavy atom. The van der Waals surface area contributed by atoms with Crippen molar-refractivity contribution in [1.29, 1.82) is 0 Å². The predicted octanol–water partition coefficient (Wildman–Crippen LogP) is 2.24. The molecule has 0 fully saturated rings. The minimum absolute atomic E-state index is 0.386. The molecule has 3 rings (SSSR count). The van der Waals surface area contributed by atoms with Gasteiger partial charge in [0.2, 0.25) is 0 Å².